The standard InChI is InChI=1S/2C46H55O6S.CF4/c2*1-30-36-18-32-16-33(19-36)23-45(30,22-32)26-43(47)51-28-49-39-12-6-8-14-41(39)53(38-10-4-3-5-11-38)42-15-9-7-13-40(42)50-29-52-44(48)27-46-24-34-17-35(25-46)21-37(20-34)31(46)2;2-1(3,4)5/h2*3-15,30-37H,16-29H2,1-2H3;/q2*+1;. The van der Waals surface area contributed by atoms with Crippen molar-refractivity contribution < 1.29 is 74.6 Å². The quantitative estimate of drug-likeness (QED) is 0.0168. The van der Waals surface area contributed by atoms with E-state index in [1.165, 1.54) is 128 Å². The van der Waals surface area contributed by atoms with Gasteiger partial charge in [0.05, 0.1) is 25.7 Å². The Balaban J connectivity index is 0.000000159. The Labute approximate surface area is 658 Å². The zero-order valence-electron chi connectivity index (χ0n) is 64.8. The molecular formula is C93H110F4O12S2+2. The number of rotatable bonds is 26. The molecule has 22 rings (SSSR count). The van der Waals surface area contributed by atoms with E-state index in [-0.39, 0.29) is 72.7 Å². The second-order valence-corrected chi connectivity index (χ2v) is 40.2. The molecule has 16 aliphatic rings. The van der Waals surface area contributed by atoms with Gasteiger partial charge in [-0.2, -0.15) is 0 Å². The van der Waals surface area contributed by atoms with Gasteiger partial charge in [0.2, 0.25) is 46.8 Å². The van der Waals surface area contributed by atoms with Gasteiger partial charge >= 0.3 is 30.3 Å². The lowest BCUT2D eigenvalue weighted by molar-refractivity contribution is -0.237. The van der Waals surface area contributed by atoms with Gasteiger partial charge in [-0.05, 0) is 318 Å². The van der Waals surface area contributed by atoms with E-state index in [1.807, 2.05) is 109 Å². The number of carbonyl (C=O) groups excluding carboxylic acids is 4. The molecule has 0 amide bonds. The molecule has 0 saturated heterocycles. The molecule has 16 bridgehead atoms. The number of alkyl halides is 4. The van der Waals surface area contributed by atoms with Gasteiger partial charge in [0.25, 0.3) is 0 Å². The highest BCUT2D eigenvalue weighted by Gasteiger charge is 2.60. The maximum absolute atomic E-state index is 13.4. The molecule has 0 heterocycles. The number of hydrogen-bond donors (Lipinski definition) is 0. The first-order valence-electron chi connectivity index (χ1n) is 41.4. The van der Waals surface area contributed by atoms with Crippen molar-refractivity contribution in [1.82, 2.24) is 0 Å². The molecule has 12 atom stereocenters. The normalized spacial score (nSPS) is 34.1. The van der Waals surface area contributed by atoms with Crippen LogP contribution in [0.2, 0.25) is 0 Å². The van der Waals surface area contributed by atoms with Crippen molar-refractivity contribution in [3.63, 3.8) is 0 Å². The van der Waals surface area contributed by atoms with E-state index >= 15 is 0 Å². The summed E-state index contributed by atoms with van der Waals surface area (Å²) in [6, 6.07) is 52.7. The maximum Gasteiger partial charge on any atom is 0.559 e. The van der Waals surface area contributed by atoms with E-state index in [2.05, 4.69) is 76.2 Å². The summed E-state index contributed by atoms with van der Waals surface area (Å²) < 4.78 is 87.4. The van der Waals surface area contributed by atoms with Gasteiger partial charge in [-0.15, -0.1) is 17.6 Å². The fourth-order valence-corrected chi connectivity index (χ4v) is 30.4. The number of esters is 4. The van der Waals surface area contributed by atoms with Crippen LogP contribution in [-0.2, 0) is 59.9 Å². The molecule has 592 valence electrons. The molecule has 12 nitrogen and oxygen atoms in total. The van der Waals surface area contributed by atoms with Crippen LogP contribution in [-0.4, -0.2) is 57.5 Å². The number of para-hydroxylation sites is 4. The van der Waals surface area contributed by atoms with Crippen LogP contribution in [0.15, 0.2) is 187 Å². The second-order valence-electron chi connectivity index (χ2n) is 36.3. The largest absolute Gasteiger partial charge is 0.559 e. The fourth-order valence-electron chi connectivity index (χ4n) is 25.9. The van der Waals surface area contributed by atoms with Crippen LogP contribution >= 0.6 is 0 Å². The highest BCUT2D eigenvalue weighted by molar-refractivity contribution is 7.97. The van der Waals surface area contributed by atoms with Crippen molar-refractivity contribution >= 4 is 45.7 Å². The molecule has 16 saturated carbocycles. The second kappa shape index (κ2) is 32.6. The Kier molecular flexibility index (Phi) is 22.8. The van der Waals surface area contributed by atoms with Crippen LogP contribution in [0.5, 0.6) is 23.0 Å². The van der Waals surface area contributed by atoms with Gasteiger partial charge in [-0.3, -0.25) is 19.2 Å². The lowest BCUT2D eigenvalue weighted by Gasteiger charge is -2.60. The fraction of sp³-hybridized carbons (Fsp3) is 0.570. The van der Waals surface area contributed by atoms with Crippen molar-refractivity contribution in [1.29, 1.82) is 0 Å². The number of halogens is 4. The number of carbonyl (C=O) groups is 4. The van der Waals surface area contributed by atoms with Crippen LogP contribution in [0, 0.1) is 116 Å². The average molecular weight is 1560 g/mol. The third-order valence-corrected chi connectivity index (χ3v) is 34.6. The number of ether oxygens (including phenoxy) is 8. The van der Waals surface area contributed by atoms with Crippen LogP contribution in [0.1, 0.15) is 182 Å². The number of benzene rings is 6. The molecule has 0 N–H and O–H groups in total. The Morgan fingerprint density at radius 3 is 0.703 bits per heavy atom. The van der Waals surface area contributed by atoms with Crippen molar-refractivity contribution in [2.45, 2.75) is 218 Å². The summed E-state index contributed by atoms with van der Waals surface area (Å²) in [5, 5.41) is 0. The molecule has 18 heteroatoms. The topological polar surface area (TPSA) is 142 Å². The molecule has 12 unspecified atom stereocenters. The summed E-state index contributed by atoms with van der Waals surface area (Å²) in [5.74, 6) is 13.7. The summed E-state index contributed by atoms with van der Waals surface area (Å²) in [5.41, 5.74) is 0.368. The Morgan fingerprint density at radius 1 is 0.306 bits per heavy atom. The van der Waals surface area contributed by atoms with Crippen molar-refractivity contribution in [3.05, 3.63) is 158 Å². The third-order valence-electron chi connectivity index (χ3n) is 30.0. The van der Waals surface area contributed by atoms with Gasteiger partial charge in [0, 0.05) is 0 Å². The van der Waals surface area contributed by atoms with Gasteiger partial charge in [0.15, 0.2) is 32.8 Å². The van der Waals surface area contributed by atoms with Crippen LogP contribution in [0.25, 0.3) is 0 Å². The van der Waals surface area contributed by atoms with E-state index in [0.717, 1.165) is 100 Å². The van der Waals surface area contributed by atoms with Crippen LogP contribution in [0.4, 0.5) is 17.6 Å². The average Bonchev–Trinajstić information content (AvgIpc) is 0.745. The zero-order chi connectivity index (χ0) is 76.8. The maximum atomic E-state index is 13.4. The summed E-state index contributed by atoms with van der Waals surface area (Å²) in [6.45, 7) is 9.01. The monoisotopic (exact) mass is 1560 g/mol. The Morgan fingerprint density at radius 2 is 0.495 bits per heavy atom. The van der Waals surface area contributed by atoms with Gasteiger partial charge < -0.3 is 37.9 Å². The minimum atomic E-state index is -5.50. The highest BCUT2D eigenvalue weighted by Crippen LogP contribution is 2.68. The van der Waals surface area contributed by atoms with Crippen LogP contribution < -0.4 is 18.9 Å². The Hall–Kier alpha value is -7.18. The molecule has 16 aliphatic carbocycles. The molecular weight excluding hydrogens is 1450 g/mol. The predicted molar refractivity (Wildman–Crippen MR) is 416 cm³/mol. The molecule has 6 aromatic carbocycles. The number of hydrogen-bond acceptors (Lipinski definition) is 12. The summed E-state index contributed by atoms with van der Waals surface area (Å²) >= 11 is 0. The first kappa shape index (κ1) is 77.7. The van der Waals surface area contributed by atoms with Gasteiger partial charge in [-0.25, -0.2) is 0 Å². The summed E-state index contributed by atoms with van der Waals surface area (Å²) in [7, 11) is -1.25. The zero-order valence-corrected chi connectivity index (χ0v) is 66.4. The van der Waals surface area contributed by atoms with Crippen molar-refractivity contribution in [2.75, 3.05) is 27.2 Å². The van der Waals surface area contributed by atoms with E-state index < -0.39 is 28.2 Å². The van der Waals surface area contributed by atoms with Gasteiger partial charge in [0.1, 0.15) is 21.8 Å². The third kappa shape index (κ3) is 16.9. The summed E-state index contributed by atoms with van der Waals surface area (Å²) in [6.07, 6.45) is 22.0. The smallest absolute Gasteiger partial charge is 0.452 e. The lowest BCUT2D eigenvalue weighted by Crippen LogP contribution is -2.52. The van der Waals surface area contributed by atoms with Crippen LogP contribution in [0.3, 0.4) is 0 Å². The first-order valence-corrected chi connectivity index (χ1v) is 43.8. The molecule has 111 heavy (non-hydrogen) atoms. The van der Waals surface area contributed by atoms with E-state index in [0.29, 0.717) is 72.4 Å². The minimum absolute atomic E-state index is 0.0921. The molecule has 16 fully saturated rings. The van der Waals surface area contributed by atoms with E-state index in [4.69, 9.17) is 37.9 Å². The van der Waals surface area contributed by atoms with Gasteiger partial charge in [-0.1, -0.05) is 113 Å². The van der Waals surface area contributed by atoms with Crippen molar-refractivity contribution in [2.24, 2.45) is 116 Å². The molecule has 0 aliphatic heterocycles. The first-order chi connectivity index (χ1) is 53.5. The molecule has 0 spiro atoms. The van der Waals surface area contributed by atoms with Crippen molar-refractivity contribution in [3.8, 4) is 23.0 Å². The minimum Gasteiger partial charge on any atom is -0.452 e. The molecule has 0 radical (unpaired) electrons. The lowest BCUT2D eigenvalue weighted by atomic mass is 9.45. The molecule has 0 aromatic heterocycles. The highest BCUT2D eigenvalue weighted by atomic mass is 32.2. The van der Waals surface area contributed by atoms with E-state index in [9.17, 15) is 36.7 Å². The summed E-state index contributed by atoms with van der Waals surface area (Å²) in [4.78, 5) is 59.5. The van der Waals surface area contributed by atoms with E-state index in [1.54, 1.807) is 0 Å². The predicted octanol–water partition coefficient (Wildman–Crippen LogP) is 22.0. The Bertz CT molecular complexity index is 3720. The SMILES string of the molecule is CC1C2CC3CC(C2)CC1(CC(=O)OCOc1ccccc1[S+](c1ccccc1)c1ccccc1OCOC(=O)CC12CC4CC(CC(C4)C1C)C2)C3.CC1C2CC3CC(C2)CC1(CC(=O)OCOc1ccccc1[S+](c1ccccc1)c1ccccc1OCOC(=O)CC12CC4CC(CC(C4)C1C)C2)C3.FC(F)(F)F. The molecule has 6 aromatic rings.